The Kier molecular flexibility index (Phi) is 43.9. The van der Waals surface area contributed by atoms with Crippen molar-refractivity contribution in [2.45, 2.75) is 245 Å². The van der Waals surface area contributed by atoms with E-state index in [1.807, 2.05) is 0 Å². The van der Waals surface area contributed by atoms with Crippen LogP contribution in [0.3, 0.4) is 0 Å². The summed E-state index contributed by atoms with van der Waals surface area (Å²) < 4.78 is 17.2. The first-order chi connectivity index (χ1) is 26.6. The van der Waals surface area contributed by atoms with Gasteiger partial charge in [0.15, 0.2) is 6.10 Å². The SMILES string of the molecule is CC/C=C\C/C=C\C/C=C\CCCCCCCC(=O)OC(COCCCCCCCC)COC(=O)CCCCCCCCCCCCCCCCCCC. The second kappa shape index (κ2) is 45.5. The Hall–Kier alpha value is -1.88. The van der Waals surface area contributed by atoms with Crippen LogP contribution in [0.2, 0.25) is 0 Å². The minimum atomic E-state index is -0.536. The highest BCUT2D eigenvalue weighted by Gasteiger charge is 2.17. The number of carbonyl (C=O) groups is 2. The van der Waals surface area contributed by atoms with Crippen molar-refractivity contribution in [1.82, 2.24) is 0 Å². The van der Waals surface area contributed by atoms with Crippen molar-refractivity contribution in [3.8, 4) is 0 Å². The van der Waals surface area contributed by atoms with Crippen LogP contribution in [0.1, 0.15) is 239 Å². The van der Waals surface area contributed by atoms with Crippen molar-refractivity contribution in [2.24, 2.45) is 0 Å². The van der Waals surface area contributed by atoms with Gasteiger partial charge in [0.1, 0.15) is 6.61 Å². The van der Waals surface area contributed by atoms with Crippen LogP contribution in [0, 0.1) is 0 Å². The van der Waals surface area contributed by atoms with Crippen LogP contribution in [0.5, 0.6) is 0 Å². The van der Waals surface area contributed by atoms with Crippen molar-refractivity contribution in [3.05, 3.63) is 36.5 Å². The first kappa shape index (κ1) is 52.1. The van der Waals surface area contributed by atoms with Gasteiger partial charge in [-0.15, -0.1) is 0 Å². The average Bonchev–Trinajstić information content (AvgIpc) is 3.17. The molecule has 0 amide bonds. The van der Waals surface area contributed by atoms with E-state index in [0.29, 0.717) is 19.4 Å². The lowest BCUT2D eigenvalue weighted by Crippen LogP contribution is -2.30. The predicted molar refractivity (Wildman–Crippen MR) is 233 cm³/mol. The Labute approximate surface area is 336 Å². The summed E-state index contributed by atoms with van der Waals surface area (Å²) in [6, 6.07) is 0. The summed E-state index contributed by atoms with van der Waals surface area (Å²) in [6.45, 7) is 7.69. The summed E-state index contributed by atoms with van der Waals surface area (Å²) >= 11 is 0. The van der Waals surface area contributed by atoms with E-state index < -0.39 is 6.10 Å². The van der Waals surface area contributed by atoms with Crippen LogP contribution in [-0.2, 0) is 23.8 Å². The van der Waals surface area contributed by atoms with Crippen LogP contribution < -0.4 is 0 Å². The summed E-state index contributed by atoms with van der Waals surface area (Å²) in [4.78, 5) is 25.2. The molecule has 0 heterocycles. The molecule has 1 unspecified atom stereocenters. The van der Waals surface area contributed by atoms with Crippen molar-refractivity contribution in [2.75, 3.05) is 19.8 Å². The van der Waals surface area contributed by atoms with E-state index in [1.165, 1.54) is 135 Å². The van der Waals surface area contributed by atoms with Crippen molar-refractivity contribution >= 4 is 11.9 Å². The number of carbonyl (C=O) groups excluding carboxylic acids is 2. The highest BCUT2D eigenvalue weighted by atomic mass is 16.6. The van der Waals surface area contributed by atoms with Crippen LogP contribution in [0.25, 0.3) is 0 Å². The molecule has 316 valence electrons. The molecule has 0 saturated carbocycles. The summed E-state index contributed by atoms with van der Waals surface area (Å²) in [5.41, 5.74) is 0. The first-order valence-electron chi connectivity index (χ1n) is 23.5. The van der Waals surface area contributed by atoms with Crippen LogP contribution >= 0.6 is 0 Å². The van der Waals surface area contributed by atoms with E-state index >= 15 is 0 Å². The van der Waals surface area contributed by atoms with Crippen molar-refractivity contribution in [1.29, 1.82) is 0 Å². The number of allylic oxidation sites excluding steroid dienone is 6. The molecule has 0 aromatic rings. The molecule has 0 aliphatic carbocycles. The van der Waals surface area contributed by atoms with Gasteiger partial charge < -0.3 is 14.2 Å². The minimum absolute atomic E-state index is 0.0826. The third-order valence-corrected chi connectivity index (χ3v) is 10.2. The standard InChI is InChI=1S/C49H90O5/c1-4-7-10-13-16-18-20-22-24-25-27-28-30-32-34-36-39-42-48(50)53-46-47(45-52-44-41-38-15-12-9-6-3)54-49(51)43-40-37-35-33-31-29-26-23-21-19-17-14-11-8-5-2/h8,11,17,19,23,26,47H,4-7,9-10,12-16,18,20-22,24-25,27-46H2,1-3H3/b11-8-,19-17-,26-23-. The number of hydrogen-bond donors (Lipinski definition) is 0. The molecular weight excluding hydrogens is 669 g/mol. The Morgan fingerprint density at radius 2 is 0.833 bits per heavy atom. The van der Waals surface area contributed by atoms with Gasteiger partial charge in [0.2, 0.25) is 0 Å². The van der Waals surface area contributed by atoms with Gasteiger partial charge in [-0.25, -0.2) is 0 Å². The summed E-state index contributed by atoms with van der Waals surface area (Å²) in [5, 5.41) is 0. The van der Waals surface area contributed by atoms with Crippen LogP contribution in [0.4, 0.5) is 0 Å². The molecule has 5 heteroatoms. The van der Waals surface area contributed by atoms with Crippen LogP contribution in [0.15, 0.2) is 36.5 Å². The molecule has 5 nitrogen and oxygen atoms in total. The second-order valence-corrected chi connectivity index (χ2v) is 15.6. The maximum absolute atomic E-state index is 12.7. The molecule has 1 atom stereocenters. The normalized spacial score (nSPS) is 12.4. The Balaban J connectivity index is 4.09. The van der Waals surface area contributed by atoms with Crippen molar-refractivity contribution in [3.63, 3.8) is 0 Å². The van der Waals surface area contributed by atoms with Gasteiger partial charge in [0.25, 0.3) is 0 Å². The van der Waals surface area contributed by atoms with Gasteiger partial charge in [-0.3, -0.25) is 9.59 Å². The molecular formula is C49H90O5. The lowest BCUT2D eigenvalue weighted by molar-refractivity contribution is -0.163. The number of ether oxygens (including phenoxy) is 3. The lowest BCUT2D eigenvalue weighted by Gasteiger charge is -2.18. The van der Waals surface area contributed by atoms with E-state index in [4.69, 9.17) is 14.2 Å². The quantitative estimate of drug-likeness (QED) is 0.0352. The lowest BCUT2D eigenvalue weighted by atomic mass is 10.0. The maximum Gasteiger partial charge on any atom is 0.306 e. The zero-order valence-electron chi connectivity index (χ0n) is 36.2. The number of hydrogen-bond acceptors (Lipinski definition) is 5. The minimum Gasteiger partial charge on any atom is -0.462 e. The zero-order valence-corrected chi connectivity index (χ0v) is 36.2. The summed E-state index contributed by atoms with van der Waals surface area (Å²) in [6.07, 6.45) is 53.0. The Morgan fingerprint density at radius 3 is 1.33 bits per heavy atom. The molecule has 0 fully saturated rings. The topological polar surface area (TPSA) is 61.8 Å². The third-order valence-electron chi connectivity index (χ3n) is 10.2. The summed E-state index contributed by atoms with van der Waals surface area (Å²) in [7, 11) is 0. The molecule has 0 saturated heterocycles. The largest absolute Gasteiger partial charge is 0.462 e. The zero-order chi connectivity index (χ0) is 39.3. The molecule has 0 aliphatic heterocycles. The van der Waals surface area contributed by atoms with Gasteiger partial charge in [-0.2, -0.15) is 0 Å². The summed E-state index contributed by atoms with van der Waals surface area (Å²) in [5.74, 6) is -0.410. The highest BCUT2D eigenvalue weighted by Crippen LogP contribution is 2.15. The second-order valence-electron chi connectivity index (χ2n) is 15.6. The first-order valence-corrected chi connectivity index (χ1v) is 23.5. The van der Waals surface area contributed by atoms with Crippen molar-refractivity contribution < 1.29 is 23.8 Å². The molecule has 0 N–H and O–H groups in total. The van der Waals surface area contributed by atoms with E-state index in [9.17, 15) is 9.59 Å². The molecule has 54 heavy (non-hydrogen) atoms. The van der Waals surface area contributed by atoms with Crippen LogP contribution in [-0.4, -0.2) is 37.9 Å². The van der Waals surface area contributed by atoms with E-state index in [0.717, 1.165) is 70.6 Å². The number of unbranched alkanes of at least 4 members (excludes halogenated alkanes) is 26. The fourth-order valence-electron chi connectivity index (χ4n) is 6.70. The number of rotatable bonds is 43. The highest BCUT2D eigenvalue weighted by molar-refractivity contribution is 5.70. The predicted octanol–water partition coefficient (Wildman–Crippen LogP) is 15.4. The maximum atomic E-state index is 12.7. The molecule has 0 aromatic heterocycles. The Bertz CT molecular complexity index is 862. The van der Waals surface area contributed by atoms with Gasteiger partial charge in [-0.1, -0.05) is 211 Å². The molecule has 0 radical (unpaired) electrons. The van der Waals surface area contributed by atoms with E-state index in [-0.39, 0.29) is 25.2 Å². The van der Waals surface area contributed by atoms with E-state index in [1.54, 1.807) is 0 Å². The fraction of sp³-hybridized carbons (Fsp3) is 0.837. The Morgan fingerprint density at radius 1 is 0.426 bits per heavy atom. The molecule has 0 aliphatic rings. The average molecular weight is 759 g/mol. The monoisotopic (exact) mass is 759 g/mol. The van der Waals surface area contributed by atoms with E-state index in [2.05, 4.69) is 57.2 Å². The third kappa shape index (κ3) is 42.9. The molecule has 0 bridgehead atoms. The van der Waals surface area contributed by atoms with Gasteiger partial charge in [-0.05, 0) is 51.4 Å². The molecule has 0 spiro atoms. The molecule has 0 rings (SSSR count). The van der Waals surface area contributed by atoms with Gasteiger partial charge in [0.05, 0.1) is 6.61 Å². The number of esters is 2. The fourth-order valence-corrected chi connectivity index (χ4v) is 6.70. The molecule has 0 aromatic carbocycles. The van der Waals surface area contributed by atoms with Gasteiger partial charge >= 0.3 is 11.9 Å². The van der Waals surface area contributed by atoms with Gasteiger partial charge in [0, 0.05) is 19.4 Å². The smallest absolute Gasteiger partial charge is 0.306 e.